The molecule has 1 aromatic heterocycles. The third-order valence-corrected chi connectivity index (χ3v) is 5.27. The Kier molecular flexibility index (Phi) is 4.52. The van der Waals surface area contributed by atoms with Gasteiger partial charge < -0.3 is 9.72 Å². The van der Waals surface area contributed by atoms with E-state index in [9.17, 15) is 4.79 Å². The number of hydrogen-bond acceptors (Lipinski definition) is 4. The van der Waals surface area contributed by atoms with Gasteiger partial charge in [-0.25, -0.2) is 9.99 Å². The van der Waals surface area contributed by atoms with E-state index in [1.54, 1.807) is 24.3 Å². The molecule has 0 saturated carbocycles. The van der Waals surface area contributed by atoms with Crippen LogP contribution in [0.5, 0.6) is 5.75 Å². The fraction of sp³-hybridized carbons (Fsp3) is 0.125. The highest BCUT2D eigenvalue weighted by atomic mass is 16.5. The van der Waals surface area contributed by atoms with Gasteiger partial charge in [0.25, 0.3) is 5.91 Å². The Morgan fingerprint density at radius 2 is 1.83 bits per heavy atom. The monoisotopic (exact) mass is 396 g/mol. The molecule has 2 heterocycles. The van der Waals surface area contributed by atoms with Gasteiger partial charge in [-0.3, -0.25) is 4.79 Å². The lowest BCUT2D eigenvalue weighted by Crippen LogP contribution is -2.27. The normalized spacial score (nSPS) is 16.0. The number of nitrogens with one attached hydrogen (secondary N) is 1. The van der Waals surface area contributed by atoms with E-state index in [0.29, 0.717) is 12.0 Å². The first-order valence-electron chi connectivity index (χ1n) is 9.78. The molecule has 148 valence electrons. The Balaban J connectivity index is 1.57. The number of ether oxygens (including phenoxy) is 1. The number of rotatable bonds is 4. The van der Waals surface area contributed by atoms with Gasteiger partial charge in [0.15, 0.2) is 0 Å². The SMILES string of the molecule is COc1cccc(C2=NN(C(=O)c3ccccc3)C(c3nc4ccccc4[nH]3)C2)c1. The third kappa shape index (κ3) is 3.22. The van der Waals surface area contributed by atoms with E-state index in [0.717, 1.165) is 33.9 Å². The van der Waals surface area contributed by atoms with Gasteiger partial charge >= 0.3 is 0 Å². The molecule has 1 atom stereocenters. The van der Waals surface area contributed by atoms with Crippen molar-refractivity contribution >= 4 is 22.7 Å². The first kappa shape index (κ1) is 18.1. The summed E-state index contributed by atoms with van der Waals surface area (Å²) in [5.74, 6) is 1.32. The minimum absolute atomic E-state index is 0.154. The molecule has 0 spiro atoms. The van der Waals surface area contributed by atoms with Crippen LogP contribution in [0.3, 0.4) is 0 Å². The maximum absolute atomic E-state index is 13.3. The highest BCUT2D eigenvalue weighted by Gasteiger charge is 2.35. The summed E-state index contributed by atoms with van der Waals surface area (Å²) in [5.41, 5.74) is 4.15. The van der Waals surface area contributed by atoms with Crippen molar-refractivity contribution in [1.29, 1.82) is 0 Å². The van der Waals surface area contributed by atoms with Crippen LogP contribution in [-0.2, 0) is 0 Å². The van der Waals surface area contributed by atoms with Crippen LogP contribution < -0.4 is 4.74 Å². The summed E-state index contributed by atoms with van der Waals surface area (Å²) < 4.78 is 5.36. The molecule has 5 rings (SSSR count). The second-order valence-corrected chi connectivity index (χ2v) is 7.15. The van der Waals surface area contributed by atoms with Crippen LogP contribution in [0.15, 0.2) is 84.0 Å². The molecule has 0 bridgehead atoms. The van der Waals surface area contributed by atoms with Crippen LogP contribution in [0.2, 0.25) is 0 Å². The molecule has 0 fully saturated rings. The summed E-state index contributed by atoms with van der Waals surface area (Å²) in [6.07, 6.45) is 0.561. The van der Waals surface area contributed by atoms with Crippen molar-refractivity contribution in [3.8, 4) is 5.75 Å². The Morgan fingerprint density at radius 1 is 1.03 bits per heavy atom. The lowest BCUT2D eigenvalue weighted by atomic mass is 10.0. The summed E-state index contributed by atoms with van der Waals surface area (Å²) in [5, 5.41) is 6.27. The molecule has 1 unspecified atom stereocenters. The molecule has 0 saturated heterocycles. The van der Waals surface area contributed by atoms with Gasteiger partial charge in [0.05, 0.1) is 23.9 Å². The second kappa shape index (κ2) is 7.48. The Morgan fingerprint density at radius 3 is 2.63 bits per heavy atom. The van der Waals surface area contributed by atoms with Crippen molar-refractivity contribution < 1.29 is 9.53 Å². The van der Waals surface area contributed by atoms with Gasteiger partial charge in [0.1, 0.15) is 17.6 Å². The number of hydrogen-bond donors (Lipinski definition) is 1. The van der Waals surface area contributed by atoms with Crippen molar-refractivity contribution in [3.05, 3.63) is 95.8 Å². The first-order valence-corrected chi connectivity index (χ1v) is 9.78. The van der Waals surface area contributed by atoms with Crippen molar-refractivity contribution in [2.75, 3.05) is 7.11 Å². The Bertz CT molecular complexity index is 1210. The van der Waals surface area contributed by atoms with Gasteiger partial charge in [0, 0.05) is 17.5 Å². The molecule has 1 N–H and O–H groups in total. The van der Waals surface area contributed by atoms with Crippen molar-refractivity contribution in [2.24, 2.45) is 5.10 Å². The Labute approximate surface area is 173 Å². The number of aromatic amines is 1. The predicted octanol–water partition coefficient (Wildman–Crippen LogP) is 4.56. The topological polar surface area (TPSA) is 70.6 Å². The number of fused-ring (bicyclic) bond motifs is 1. The number of imidazole rings is 1. The van der Waals surface area contributed by atoms with Crippen molar-refractivity contribution in [2.45, 2.75) is 12.5 Å². The molecule has 4 aromatic rings. The smallest absolute Gasteiger partial charge is 0.274 e. The summed E-state index contributed by atoms with van der Waals surface area (Å²) in [7, 11) is 1.64. The molecule has 1 aliphatic rings. The average Bonchev–Trinajstić information content (AvgIpc) is 3.43. The number of amides is 1. The molecular weight excluding hydrogens is 376 g/mol. The van der Waals surface area contributed by atoms with E-state index in [-0.39, 0.29) is 11.9 Å². The molecule has 3 aromatic carbocycles. The second-order valence-electron chi connectivity index (χ2n) is 7.15. The standard InChI is InChI=1S/C24H20N4O2/c1-30-18-11-7-10-17(14-18)21-15-22(23-25-19-12-5-6-13-20(19)26-23)28(27-21)24(29)16-8-3-2-4-9-16/h2-14,22H,15H2,1H3,(H,25,26). The van der Waals surface area contributed by atoms with Gasteiger partial charge in [-0.15, -0.1) is 0 Å². The molecule has 1 amide bonds. The van der Waals surface area contributed by atoms with E-state index >= 15 is 0 Å². The predicted molar refractivity (Wildman–Crippen MR) is 116 cm³/mol. The maximum atomic E-state index is 13.3. The van der Waals surface area contributed by atoms with Crippen LogP contribution in [-0.4, -0.2) is 33.7 Å². The number of benzene rings is 3. The molecule has 6 heteroatoms. The molecular formula is C24H20N4O2. The Hall–Kier alpha value is -3.93. The molecule has 0 aliphatic carbocycles. The number of methoxy groups -OCH3 is 1. The van der Waals surface area contributed by atoms with Crippen LogP contribution in [0.1, 0.15) is 34.2 Å². The van der Waals surface area contributed by atoms with Gasteiger partial charge in [-0.1, -0.05) is 42.5 Å². The minimum atomic E-state index is -0.314. The van der Waals surface area contributed by atoms with Gasteiger partial charge in [0.2, 0.25) is 0 Å². The fourth-order valence-corrected chi connectivity index (χ4v) is 3.73. The third-order valence-electron chi connectivity index (χ3n) is 5.27. The maximum Gasteiger partial charge on any atom is 0.274 e. The fourth-order valence-electron chi connectivity index (χ4n) is 3.73. The highest BCUT2D eigenvalue weighted by molar-refractivity contribution is 6.05. The van der Waals surface area contributed by atoms with Gasteiger partial charge in [-0.2, -0.15) is 5.10 Å². The lowest BCUT2D eigenvalue weighted by molar-refractivity contribution is 0.0705. The quantitative estimate of drug-likeness (QED) is 0.550. The zero-order valence-electron chi connectivity index (χ0n) is 16.4. The van der Waals surface area contributed by atoms with E-state index in [2.05, 4.69) is 4.98 Å². The number of hydrazone groups is 1. The lowest BCUT2D eigenvalue weighted by Gasteiger charge is -2.19. The number of H-pyrrole nitrogens is 1. The number of carbonyl (C=O) groups excluding carboxylic acids is 1. The first-order chi connectivity index (χ1) is 14.7. The highest BCUT2D eigenvalue weighted by Crippen LogP contribution is 2.34. The summed E-state index contributed by atoms with van der Waals surface area (Å²) in [4.78, 5) is 21.4. The van der Waals surface area contributed by atoms with E-state index in [1.807, 2.05) is 66.7 Å². The van der Waals surface area contributed by atoms with Gasteiger partial charge in [-0.05, 0) is 36.4 Å². The van der Waals surface area contributed by atoms with E-state index < -0.39 is 0 Å². The molecule has 1 aliphatic heterocycles. The van der Waals surface area contributed by atoms with E-state index in [4.69, 9.17) is 14.8 Å². The van der Waals surface area contributed by atoms with Crippen LogP contribution in [0.25, 0.3) is 11.0 Å². The largest absolute Gasteiger partial charge is 0.497 e. The number of aromatic nitrogens is 2. The molecule has 6 nitrogen and oxygen atoms in total. The summed E-state index contributed by atoms with van der Waals surface area (Å²) in [6.45, 7) is 0. The number of para-hydroxylation sites is 2. The van der Waals surface area contributed by atoms with Crippen LogP contribution in [0.4, 0.5) is 0 Å². The summed E-state index contributed by atoms with van der Waals surface area (Å²) in [6, 6.07) is 24.5. The molecule has 0 radical (unpaired) electrons. The average molecular weight is 396 g/mol. The zero-order valence-corrected chi connectivity index (χ0v) is 16.4. The van der Waals surface area contributed by atoms with Crippen molar-refractivity contribution in [3.63, 3.8) is 0 Å². The zero-order chi connectivity index (χ0) is 20.5. The summed E-state index contributed by atoms with van der Waals surface area (Å²) >= 11 is 0. The molecule has 30 heavy (non-hydrogen) atoms. The minimum Gasteiger partial charge on any atom is -0.497 e. The van der Waals surface area contributed by atoms with E-state index in [1.165, 1.54) is 0 Å². The van der Waals surface area contributed by atoms with Crippen LogP contribution in [0, 0.1) is 0 Å². The van der Waals surface area contributed by atoms with Crippen LogP contribution >= 0.6 is 0 Å². The number of nitrogens with zero attached hydrogens (tertiary/aromatic N) is 3. The number of carbonyl (C=O) groups is 1. The van der Waals surface area contributed by atoms with Crippen molar-refractivity contribution in [1.82, 2.24) is 15.0 Å².